The Morgan fingerprint density at radius 1 is 1.16 bits per heavy atom. The number of nitrogens with one attached hydrogen (secondary N) is 1. The number of aromatic nitrogens is 3. The minimum atomic E-state index is 0.417. The molecule has 4 aromatic rings. The molecule has 1 N–H and O–H groups in total. The van der Waals surface area contributed by atoms with E-state index in [4.69, 9.17) is 26.1 Å². The number of rotatable bonds is 5. The molecule has 0 unspecified atom stereocenters. The zero-order valence-electron chi connectivity index (χ0n) is 17.0. The number of methoxy groups -OCH3 is 1. The van der Waals surface area contributed by atoms with Crippen molar-refractivity contribution in [2.75, 3.05) is 25.6 Å². The van der Waals surface area contributed by atoms with Gasteiger partial charge in [-0.1, -0.05) is 17.7 Å². The van der Waals surface area contributed by atoms with E-state index in [0.717, 1.165) is 69.5 Å². The summed E-state index contributed by atoms with van der Waals surface area (Å²) in [5.74, 6) is 1.23. The zero-order valence-corrected chi connectivity index (χ0v) is 18.5. The number of nitrogens with zero attached hydrogens (tertiary/aromatic N) is 3. The summed E-state index contributed by atoms with van der Waals surface area (Å²) < 4.78 is 11.3. The van der Waals surface area contributed by atoms with Crippen molar-refractivity contribution in [2.24, 2.45) is 0 Å². The first-order valence-electron chi connectivity index (χ1n) is 10.1. The lowest BCUT2D eigenvalue weighted by Crippen LogP contribution is -2.13. The molecule has 0 aliphatic carbocycles. The van der Waals surface area contributed by atoms with Crippen molar-refractivity contribution in [3.8, 4) is 16.2 Å². The minimum absolute atomic E-state index is 0.417. The second kappa shape index (κ2) is 8.78. The van der Waals surface area contributed by atoms with E-state index in [9.17, 15) is 0 Å². The number of para-hydroxylation sites is 1. The topological polar surface area (TPSA) is 69.2 Å². The third-order valence-electron chi connectivity index (χ3n) is 5.43. The summed E-state index contributed by atoms with van der Waals surface area (Å²) in [6.45, 7) is 1.61. The van der Waals surface area contributed by atoms with Crippen LogP contribution in [0.4, 0.5) is 11.4 Å². The van der Waals surface area contributed by atoms with E-state index in [1.54, 1.807) is 36.9 Å². The lowest BCUT2D eigenvalue weighted by Gasteiger charge is -2.19. The van der Waals surface area contributed by atoms with Gasteiger partial charge in [0.2, 0.25) is 0 Å². The van der Waals surface area contributed by atoms with E-state index in [2.05, 4.69) is 21.4 Å². The third kappa shape index (κ3) is 4.08. The summed E-state index contributed by atoms with van der Waals surface area (Å²) in [4.78, 5) is 14.4. The molecule has 0 bridgehead atoms. The molecule has 0 spiro atoms. The standard InChI is InChI=1S/C23H21ClN4O2S/c1-29-22-15(20-13-26-23(31-20)14-6-9-30-10-7-14)3-2-4-18(22)27-19-11-21(24)28-17-5-8-25-12-16(17)19/h2-5,8,11-14H,6-7,9-10H2,1H3,(H,27,28). The monoisotopic (exact) mass is 452 g/mol. The van der Waals surface area contributed by atoms with Crippen molar-refractivity contribution in [3.05, 3.63) is 59.1 Å². The molecule has 8 heteroatoms. The van der Waals surface area contributed by atoms with E-state index in [0.29, 0.717) is 11.1 Å². The highest BCUT2D eigenvalue weighted by atomic mass is 35.5. The van der Waals surface area contributed by atoms with Crippen molar-refractivity contribution in [1.82, 2.24) is 15.0 Å². The summed E-state index contributed by atoms with van der Waals surface area (Å²) in [6, 6.07) is 9.70. The number of fused-ring (bicyclic) bond motifs is 1. The molecule has 1 aliphatic heterocycles. The normalized spacial score (nSPS) is 14.6. The molecular weight excluding hydrogens is 432 g/mol. The number of pyridine rings is 2. The number of benzene rings is 1. The highest BCUT2D eigenvalue weighted by molar-refractivity contribution is 7.15. The number of hydrogen-bond donors (Lipinski definition) is 1. The molecule has 4 heterocycles. The Morgan fingerprint density at radius 3 is 2.87 bits per heavy atom. The number of ether oxygens (including phenoxy) is 2. The Kier molecular flexibility index (Phi) is 5.72. The molecular formula is C23H21ClN4O2S. The Bertz CT molecular complexity index is 1220. The summed E-state index contributed by atoms with van der Waals surface area (Å²) in [5.41, 5.74) is 3.45. The molecule has 1 aliphatic rings. The number of halogens is 1. The van der Waals surface area contributed by atoms with Gasteiger partial charge in [0.15, 0.2) is 5.75 Å². The fraction of sp³-hybridized carbons (Fsp3) is 0.261. The molecule has 31 heavy (non-hydrogen) atoms. The van der Waals surface area contributed by atoms with Crippen LogP contribution in [0.25, 0.3) is 21.3 Å². The van der Waals surface area contributed by atoms with Crippen LogP contribution in [0.5, 0.6) is 5.75 Å². The largest absolute Gasteiger partial charge is 0.494 e. The van der Waals surface area contributed by atoms with Crippen LogP contribution in [0, 0.1) is 0 Å². The van der Waals surface area contributed by atoms with Crippen LogP contribution in [-0.2, 0) is 4.74 Å². The molecule has 5 rings (SSSR count). The average molecular weight is 453 g/mol. The Morgan fingerprint density at radius 2 is 2.03 bits per heavy atom. The van der Waals surface area contributed by atoms with Crippen molar-refractivity contribution in [1.29, 1.82) is 0 Å². The molecule has 0 saturated carbocycles. The van der Waals surface area contributed by atoms with Crippen LogP contribution in [-0.4, -0.2) is 35.3 Å². The predicted octanol–water partition coefficient (Wildman–Crippen LogP) is 6.05. The van der Waals surface area contributed by atoms with Gasteiger partial charge in [0.05, 0.1) is 33.9 Å². The summed E-state index contributed by atoms with van der Waals surface area (Å²) in [6.07, 6.45) is 7.47. The van der Waals surface area contributed by atoms with Gasteiger partial charge in [-0.2, -0.15) is 0 Å². The maximum atomic E-state index is 6.25. The SMILES string of the molecule is COc1c(Nc2cc(Cl)nc3ccncc23)cccc1-c1cnc(C2CCOCC2)s1. The fourth-order valence-corrected chi connectivity index (χ4v) is 5.19. The van der Waals surface area contributed by atoms with Crippen molar-refractivity contribution >= 4 is 45.2 Å². The molecule has 1 aromatic carbocycles. The van der Waals surface area contributed by atoms with Gasteiger partial charge >= 0.3 is 0 Å². The van der Waals surface area contributed by atoms with Gasteiger partial charge in [0.1, 0.15) is 5.15 Å². The second-order valence-electron chi connectivity index (χ2n) is 7.35. The molecule has 1 fully saturated rings. The van der Waals surface area contributed by atoms with E-state index in [-0.39, 0.29) is 0 Å². The van der Waals surface area contributed by atoms with Gasteiger partial charge in [-0.3, -0.25) is 4.98 Å². The molecule has 3 aromatic heterocycles. The van der Waals surface area contributed by atoms with Crippen LogP contribution in [0.2, 0.25) is 5.15 Å². The number of hydrogen-bond acceptors (Lipinski definition) is 7. The van der Waals surface area contributed by atoms with Gasteiger partial charge in [0.25, 0.3) is 0 Å². The van der Waals surface area contributed by atoms with Gasteiger partial charge in [-0.05, 0) is 37.1 Å². The highest BCUT2D eigenvalue weighted by Gasteiger charge is 2.21. The van der Waals surface area contributed by atoms with Crippen molar-refractivity contribution < 1.29 is 9.47 Å². The molecule has 0 radical (unpaired) electrons. The van der Waals surface area contributed by atoms with Crippen molar-refractivity contribution in [3.63, 3.8) is 0 Å². The summed E-state index contributed by atoms with van der Waals surface area (Å²) in [7, 11) is 1.68. The van der Waals surface area contributed by atoms with E-state index < -0.39 is 0 Å². The maximum absolute atomic E-state index is 6.25. The van der Waals surface area contributed by atoms with Crippen LogP contribution in [0.3, 0.4) is 0 Å². The smallest absolute Gasteiger partial charge is 0.150 e. The average Bonchev–Trinajstić information content (AvgIpc) is 3.29. The summed E-state index contributed by atoms with van der Waals surface area (Å²) >= 11 is 7.98. The molecule has 158 valence electrons. The summed E-state index contributed by atoms with van der Waals surface area (Å²) in [5, 5.41) is 5.93. The van der Waals surface area contributed by atoms with Gasteiger partial charge < -0.3 is 14.8 Å². The first-order chi connectivity index (χ1) is 15.2. The quantitative estimate of drug-likeness (QED) is 0.371. The van der Waals surface area contributed by atoms with Crippen molar-refractivity contribution in [2.45, 2.75) is 18.8 Å². The first-order valence-corrected chi connectivity index (χ1v) is 11.3. The first kappa shape index (κ1) is 20.2. The van der Waals surface area contributed by atoms with Crippen LogP contribution >= 0.6 is 22.9 Å². The Labute approximate surface area is 189 Å². The van der Waals surface area contributed by atoms with E-state index >= 15 is 0 Å². The van der Waals surface area contributed by atoms with Gasteiger partial charge in [0, 0.05) is 48.7 Å². The molecule has 1 saturated heterocycles. The third-order valence-corrected chi connectivity index (χ3v) is 6.81. The predicted molar refractivity (Wildman–Crippen MR) is 125 cm³/mol. The molecule has 6 nitrogen and oxygen atoms in total. The molecule has 0 atom stereocenters. The number of anilines is 2. The van der Waals surface area contributed by atoms with Gasteiger partial charge in [-0.15, -0.1) is 11.3 Å². The zero-order chi connectivity index (χ0) is 21.2. The molecule has 0 amide bonds. The maximum Gasteiger partial charge on any atom is 0.150 e. The number of thiazole rings is 1. The van der Waals surface area contributed by atoms with Crippen LogP contribution in [0.1, 0.15) is 23.8 Å². The highest BCUT2D eigenvalue weighted by Crippen LogP contribution is 2.42. The van der Waals surface area contributed by atoms with E-state index in [1.165, 1.54) is 0 Å². The minimum Gasteiger partial charge on any atom is -0.494 e. The Hall–Kier alpha value is -2.74. The van der Waals surface area contributed by atoms with Crippen LogP contribution in [0.15, 0.2) is 48.9 Å². The van der Waals surface area contributed by atoms with Gasteiger partial charge in [-0.25, -0.2) is 9.97 Å². The lowest BCUT2D eigenvalue weighted by molar-refractivity contribution is 0.0853. The lowest BCUT2D eigenvalue weighted by atomic mass is 10.0. The van der Waals surface area contributed by atoms with Crippen LogP contribution < -0.4 is 10.1 Å². The Balaban J connectivity index is 1.51. The fourth-order valence-electron chi connectivity index (χ4n) is 3.88. The van der Waals surface area contributed by atoms with E-state index in [1.807, 2.05) is 24.4 Å². The second-order valence-corrected chi connectivity index (χ2v) is 8.80.